The molecule has 0 radical (unpaired) electrons. The van der Waals surface area contributed by atoms with Gasteiger partial charge in [0.2, 0.25) is 0 Å². The van der Waals surface area contributed by atoms with E-state index in [1.165, 1.54) is 77.0 Å². The number of carbonyl (C=O) groups excluding carboxylic acids is 2. The highest BCUT2D eigenvalue weighted by molar-refractivity contribution is 5.99. The van der Waals surface area contributed by atoms with Gasteiger partial charge in [0.05, 0.1) is 0 Å². The molecule has 0 aliphatic heterocycles. The van der Waals surface area contributed by atoms with Crippen molar-refractivity contribution in [2.75, 3.05) is 13.1 Å². The maximum atomic E-state index is 12.4. The van der Waals surface area contributed by atoms with Crippen molar-refractivity contribution in [3.05, 3.63) is 35.4 Å². The molecule has 0 saturated carbocycles. The van der Waals surface area contributed by atoms with Crippen molar-refractivity contribution in [2.45, 2.75) is 117 Å². The molecule has 0 aliphatic rings. The Bertz CT molecular complexity index is 566. The third-order valence-electron chi connectivity index (χ3n) is 6.02. The Balaban J connectivity index is 2.17. The summed E-state index contributed by atoms with van der Waals surface area (Å²) < 4.78 is 0. The van der Waals surface area contributed by atoms with Crippen molar-refractivity contribution in [2.24, 2.45) is 0 Å². The van der Waals surface area contributed by atoms with Crippen LogP contribution < -0.4 is 10.6 Å². The minimum Gasteiger partial charge on any atom is -0.352 e. The molecule has 0 spiro atoms. The van der Waals surface area contributed by atoms with Crippen molar-refractivity contribution in [1.29, 1.82) is 0 Å². The van der Waals surface area contributed by atoms with Gasteiger partial charge in [0.25, 0.3) is 11.8 Å². The molecule has 2 amide bonds. The lowest BCUT2D eigenvalue weighted by molar-refractivity contribution is 0.0952. The van der Waals surface area contributed by atoms with Crippen LogP contribution in [0, 0.1) is 0 Å². The molecule has 1 rings (SSSR count). The summed E-state index contributed by atoms with van der Waals surface area (Å²) in [5, 5.41) is 5.98. The molecular formula is C28H48N2O2. The zero-order valence-corrected chi connectivity index (χ0v) is 20.9. The Morgan fingerprint density at radius 3 is 1.28 bits per heavy atom. The van der Waals surface area contributed by atoms with Crippen LogP contribution in [0.4, 0.5) is 0 Å². The van der Waals surface area contributed by atoms with Crippen molar-refractivity contribution >= 4 is 11.8 Å². The Kier molecular flexibility index (Phi) is 17.5. The standard InChI is InChI=1S/C28H48N2O2/c1-3-5-7-9-11-13-15-17-22-29-27(31)25-20-19-21-26(24-25)28(32)30-23-18-16-14-12-10-8-6-4-2/h19-21,24H,3-18,22-23H2,1-2H3,(H,29,31)(H,30,32). The summed E-state index contributed by atoms with van der Waals surface area (Å²) in [5.74, 6) is -0.184. The van der Waals surface area contributed by atoms with Crippen LogP contribution in [0.5, 0.6) is 0 Å². The fourth-order valence-corrected chi connectivity index (χ4v) is 3.93. The lowest BCUT2D eigenvalue weighted by Gasteiger charge is -2.08. The summed E-state index contributed by atoms with van der Waals surface area (Å²) in [5.41, 5.74) is 1.12. The van der Waals surface area contributed by atoms with Gasteiger partial charge in [-0.1, -0.05) is 110 Å². The van der Waals surface area contributed by atoms with Crippen LogP contribution in [0.1, 0.15) is 137 Å². The van der Waals surface area contributed by atoms with Crippen LogP contribution in [-0.4, -0.2) is 24.9 Å². The molecule has 4 heteroatoms. The van der Waals surface area contributed by atoms with E-state index in [4.69, 9.17) is 0 Å². The summed E-state index contributed by atoms with van der Waals surface area (Å²) in [6, 6.07) is 7.04. The number of unbranched alkanes of at least 4 members (excludes halogenated alkanes) is 14. The molecule has 1 aromatic rings. The van der Waals surface area contributed by atoms with Crippen LogP contribution in [0.3, 0.4) is 0 Å². The third kappa shape index (κ3) is 14.3. The summed E-state index contributed by atoms with van der Waals surface area (Å²) in [6.45, 7) is 5.87. The lowest BCUT2D eigenvalue weighted by Crippen LogP contribution is -2.26. The van der Waals surface area contributed by atoms with Gasteiger partial charge in [-0.15, -0.1) is 0 Å². The summed E-state index contributed by atoms with van der Waals surface area (Å²) in [4.78, 5) is 24.8. The minimum absolute atomic E-state index is 0.0920. The molecule has 0 bridgehead atoms. The first-order chi connectivity index (χ1) is 15.7. The Morgan fingerprint density at radius 2 is 0.906 bits per heavy atom. The summed E-state index contributed by atoms with van der Waals surface area (Å²) >= 11 is 0. The molecule has 0 heterocycles. The van der Waals surface area contributed by atoms with Crippen molar-refractivity contribution < 1.29 is 9.59 Å². The smallest absolute Gasteiger partial charge is 0.251 e. The van der Waals surface area contributed by atoms with E-state index in [2.05, 4.69) is 24.5 Å². The second-order valence-electron chi connectivity index (χ2n) is 9.04. The Morgan fingerprint density at radius 1 is 0.562 bits per heavy atom. The highest BCUT2D eigenvalue weighted by Gasteiger charge is 2.10. The summed E-state index contributed by atoms with van der Waals surface area (Å²) in [7, 11) is 0. The molecule has 32 heavy (non-hydrogen) atoms. The molecule has 0 unspecified atom stereocenters. The first-order valence-electron chi connectivity index (χ1n) is 13.4. The highest BCUT2D eigenvalue weighted by atomic mass is 16.2. The average Bonchev–Trinajstić information content (AvgIpc) is 2.81. The third-order valence-corrected chi connectivity index (χ3v) is 6.02. The predicted molar refractivity (Wildman–Crippen MR) is 136 cm³/mol. The van der Waals surface area contributed by atoms with E-state index in [-0.39, 0.29) is 11.8 Å². The monoisotopic (exact) mass is 444 g/mol. The number of rotatable bonds is 20. The number of hydrogen-bond donors (Lipinski definition) is 2. The van der Waals surface area contributed by atoms with E-state index >= 15 is 0 Å². The van der Waals surface area contributed by atoms with Crippen molar-refractivity contribution in [3.63, 3.8) is 0 Å². The van der Waals surface area contributed by atoms with E-state index in [9.17, 15) is 9.59 Å². The van der Waals surface area contributed by atoms with Crippen LogP contribution in [-0.2, 0) is 0 Å². The molecule has 0 aliphatic carbocycles. The average molecular weight is 445 g/mol. The first-order valence-corrected chi connectivity index (χ1v) is 13.4. The van der Waals surface area contributed by atoms with Gasteiger partial charge in [-0.2, -0.15) is 0 Å². The van der Waals surface area contributed by atoms with Crippen molar-refractivity contribution in [1.82, 2.24) is 10.6 Å². The van der Waals surface area contributed by atoms with Gasteiger partial charge in [-0.05, 0) is 31.0 Å². The van der Waals surface area contributed by atoms with E-state index in [1.54, 1.807) is 24.3 Å². The molecule has 4 nitrogen and oxygen atoms in total. The van der Waals surface area contributed by atoms with Gasteiger partial charge in [0, 0.05) is 24.2 Å². The maximum absolute atomic E-state index is 12.4. The van der Waals surface area contributed by atoms with E-state index in [0.717, 1.165) is 25.7 Å². The number of hydrogen-bond acceptors (Lipinski definition) is 2. The summed E-state index contributed by atoms with van der Waals surface area (Å²) in [6.07, 6.45) is 20.0. The highest BCUT2D eigenvalue weighted by Crippen LogP contribution is 2.10. The SMILES string of the molecule is CCCCCCCCCCNC(=O)c1cccc(C(=O)NCCCCCCCCCC)c1. The van der Waals surface area contributed by atoms with E-state index in [0.29, 0.717) is 24.2 Å². The Labute approximate surface area is 197 Å². The zero-order chi connectivity index (χ0) is 23.3. The van der Waals surface area contributed by atoms with Gasteiger partial charge < -0.3 is 10.6 Å². The number of nitrogens with one attached hydrogen (secondary N) is 2. The van der Waals surface area contributed by atoms with Crippen LogP contribution in [0.2, 0.25) is 0 Å². The number of amides is 2. The van der Waals surface area contributed by atoms with Gasteiger partial charge in [-0.25, -0.2) is 0 Å². The quantitative estimate of drug-likeness (QED) is 0.205. The predicted octanol–water partition coefficient (Wildman–Crippen LogP) is 7.43. The Hall–Kier alpha value is -1.84. The molecule has 0 aromatic heterocycles. The largest absolute Gasteiger partial charge is 0.352 e. The molecule has 182 valence electrons. The second kappa shape index (κ2) is 19.8. The van der Waals surface area contributed by atoms with Crippen LogP contribution in [0.25, 0.3) is 0 Å². The molecular weight excluding hydrogens is 396 g/mol. The first kappa shape index (κ1) is 28.2. The fourth-order valence-electron chi connectivity index (χ4n) is 3.93. The maximum Gasteiger partial charge on any atom is 0.251 e. The lowest BCUT2D eigenvalue weighted by atomic mass is 10.1. The normalized spacial score (nSPS) is 10.8. The van der Waals surface area contributed by atoms with Gasteiger partial charge in [-0.3, -0.25) is 9.59 Å². The molecule has 0 fully saturated rings. The zero-order valence-electron chi connectivity index (χ0n) is 20.9. The minimum atomic E-state index is -0.0920. The van der Waals surface area contributed by atoms with Crippen LogP contribution >= 0.6 is 0 Å². The molecule has 2 N–H and O–H groups in total. The number of benzene rings is 1. The molecule has 0 saturated heterocycles. The van der Waals surface area contributed by atoms with Crippen molar-refractivity contribution in [3.8, 4) is 0 Å². The topological polar surface area (TPSA) is 58.2 Å². The van der Waals surface area contributed by atoms with Crippen LogP contribution in [0.15, 0.2) is 24.3 Å². The van der Waals surface area contributed by atoms with E-state index in [1.807, 2.05) is 0 Å². The fraction of sp³-hybridized carbons (Fsp3) is 0.714. The van der Waals surface area contributed by atoms with Gasteiger partial charge in [0.15, 0.2) is 0 Å². The van der Waals surface area contributed by atoms with Gasteiger partial charge >= 0.3 is 0 Å². The second-order valence-corrected chi connectivity index (χ2v) is 9.04. The van der Waals surface area contributed by atoms with E-state index < -0.39 is 0 Å². The molecule has 0 atom stereocenters. The van der Waals surface area contributed by atoms with Gasteiger partial charge in [0.1, 0.15) is 0 Å². The number of carbonyl (C=O) groups is 2. The molecule has 1 aromatic carbocycles.